The highest BCUT2D eigenvalue weighted by molar-refractivity contribution is 5.82. The smallest absolute Gasteiger partial charge is 0.250 e. The van der Waals surface area contributed by atoms with Gasteiger partial charge in [-0.15, -0.1) is 0 Å². The van der Waals surface area contributed by atoms with Gasteiger partial charge in [-0.3, -0.25) is 9.59 Å². The molecule has 5 heteroatoms. The third-order valence-electron chi connectivity index (χ3n) is 4.09. The molecule has 3 aromatic carbocycles. The molecule has 4 N–H and O–H groups in total. The minimum atomic E-state index is -0.604. The second-order valence-corrected chi connectivity index (χ2v) is 6.26. The zero-order valence-electron chi connectivity index (χ0n) is 14.4. The van der Waals surface area contributed by atoms with Gasteiger partial charge in [0.1, 0.15) is 0 Å². The van der Waals surface area contributed by atoms with Gasteiger partial charge in [0, 0.05) is 12.2 Å². The first-order valence-corrected chi connectivity index (χ1v) is 8.35. The Morgan fingerprint density at radius 2 is 1.50 bits per heavy atom. The van der Waals surface area contributed by atoms with Crippen LogP contribution in [0.1, 0.15) is 18.1 Å². The van der Waals surface area contributed by atoms with E-state index in [2.05, 4.69) is 5.32 Å². The lowest BCUT2D eigenvalue weighted by Crippen LogP contribution is -2.37. The maximum Gasteiger partial charge on any atom is 0.250 e. The zero-order valence-corrected chi connectivity index (χ0v) is 14.4. The van der Waals surface area contributed by atoms with E-state index < -0.39 is 17.0 Å². The van der Waals surface area contributed by atoms with E-state index in [1.165, 1.54) is 0 Å². The average Bonchev–Trinajstić information content (AvgIpc) is 2.64. The van der Waals surface area contributed by atoms with Crippen LogP contribution in [-0.2, 0) is 0 Å². The Balaban J connectivity index is 1.78. The Hall–Kier alpha value is -3.18. The standard InChI is InChI=1S/C21H20N2O3/c1-13(24)12-23-19-18(20(25)21(19)26)16-8-4-14(5-9-16)2-3-15-6-10-17(22)11-7-15/h2-11,13,23-24H,12,22H2,1H3. The summed E-state index contributed by atoms with van der Waals surface area (Å²) >= 11 is 0. The molecule has 0 aliphatic rings. The molecule has 0 saturated heterocycles. The summed E-state index contributed by atoms with van der Waals surface area (Å²) in [5.41, 5.74) is 8.72. The lowest BCUT2D eigenvalue weighted by Gasteiger charge is -2.14. The van der Waals surface area contributed by atoms with Crippen molar-refractivity contribution in [2.24, 2.45) is 0 Å². The van der Waals surface area contributed by atoms with Crippen LogP contribution in [0.15, 0.2) is 58.1 Å². The number of anilines is 2. The highest BCUT2D eigenvalue weighted by Gasteiger charge is 2.22. The van der Waals surface area contributed by atoms with Gasteiger partial charge in [-0.05, 0) is 35.7 Å². The first kappa shape index (κ1) is 17.6. The van der Waals surface area contributed by atoms with Gasteiger partial charge >= 0.3 is 0 Å². The van der Waals surface area contributed by atoms with Crippen molar-refractivity contribution in [1.29, 1.82) is 0 Å². The van der Waals surface area contributed by atoms with E-state index in [9.17, 15) is 14.7 Å². The summed E-state index contributed by atoms with van der Waals surface area (Å²) in [5, 5.41) is 12.2. The highest BCUT2D eigenvalue weighted by Crippen LogP contribution is 2.24. The van der Waals surface area contributed by atoms with Crippen LogP contribution in [0, 0.1) is 0 Å². The molecule has 132 valence electrons. The maximum atomic E-state index is 11.9. The second-order valence-electron chi connectivity index (χ2n) is 6.26. The molecule has 1 unspecified atom stereocenters. The average molecular weight is 348 g/mol. The van der Waals surface area contributed by atoms with Crippen molar-refractivity contribution >= 4 is 23.5 Å². The summed E-state index contributed by atoms with van der Waals surface area (Å²) in [6, 6.07) is 15.0. The predicted molar refractivity (Wildman–Crippen MR) is 107 cm³/mol. The van der Waals surface area contributed by atoms with Gasteiger partial charge in [0.15, 0.2) is 0 Å². The maximum absolute atomic E-state index is 11.9. The van der Waals surface area contributed by atoms with Crippen molar-refractivity contribution < 1.29 is 5.11 Å². The molecule has 0 bridgehead atoms. The van der Waals surface area contributed by atoms with E-state index >= 15 is 0 Å². The van der Waals surface area contributed by atoms with Crippen molar-refractivity contribution in [2.45, 2.75) is 13.0 Å². The number of nitrogens with one attached hydrogen (secondary N) is 1. The monoisotopic (exact) mass is 348 g/mol. The van der Waals surface area contributed by atoms with Crippen LogP contribution in [0.25, 0.3) is 23.3 Å². The molecule has 3 aromatic rings. The number of rotatable bonds is 6. The molecular formula is C21H20N2O3. The molecule has 0 aromatic heterocycles. The van der Waals surface area contributed by atoms with E-state index in [0.717, 1.165) is 16.8 Å². The van der Waals surface area contributed by atoms with Gasteiger partial charge in [0.05, 0.1) is 17.4 Å². The predicted octanol–water partition coefficient (Wildman–Crippen LogP) is 2.49. The molecule has 0 radical (unpaired) electrons. The normalized spacial score (nSPS) is 12.5. The third kappa shape index (κ3) is 3.73. The number of aliphatic hydroxyl groups is 1. The lowest BCUT2D eigenvalue weighted by molar-refractivity contribution is 0.208. The Bertz CT molecular complexity index is 993. The van der Waals surface area contributed by atoms with Crippen LogP contribution in [0.2, 0.25) is 0 Å². The van der Waals surface area contributed by atoms with E-state index in [1.54, 1.807) is 6.92 Å². The fraction of sp³-hybridized carbons (Fsp3) is 0.143. The van der Waals surface area contributed by atoms with Crippen LogP contribution in [0.3, 0.4) is 0 Å². The quantitative estimate of drug-likeness (QED) is 0.362. The van der Waals surface area contributed by atoms with Gasteiger partial charge in [-0.25, -0.2) is 0 Å². The molecule has 3 rings (SSSR count). The first-order valence-electron chi connectivity index (χ1n) is 8.35. The highest BCUT2D eigenvalue weighted by atomic mass is 16.3. The van der Waals surface area contributed by atoms with E-state index in [1.807, 2.05) is 60.7 Å². The lowest BCUT2D eigenvalue weighted by atomic mass is 9.97. The summed E-state index contributed by atoms with van der Waals surface area (Å²) in [6.45, 7) is 1.83. The minimum absolute atomic E-state index is 0.222. The molecule has 0 aliphatic heterocycles. The Labute approximate surface area is 151 Å². The number of hydrogen-bond donors (Lipinski definition) is 3. The topological polar surface area (TPSA) is 92.4 Å². The van der Waals surface area contributed by atoms with E-state index in [4.69, 9.17) is 5.73 Å². The minimum Gasteiger partial charge on any atom is -0.399 e. The van der Waals surface area contributed by atoms with Crippen LogP contribution >= 0.6 is 0 Å². The Kier molecular flexibility index (Phi) is 5.00. The number of nitrogen functional groups attached to an aromatic ring is 1. The van der Waals surface area contributed by atoms with Crippen molar-refractivity contribution in [3.8, 4) is 11.1 Å². The van der Waals surface area contributed by atoms with Crippen molar-refractivity contribution in [3.63, 3.8) is 0 Å². The van der Waals surface area contributed by atoms with Gasteiger partial charge in [0.2, 0.25) is 10.9 Å². The Morgan fingerprint density at radius 3 is 2.04 bits per heavy atom. The zero-order chi connectivity index (χ0) is 18.7. The third-order valence-corrected chi connectivity index (χ3v) is 4.09. The van der Waals surface area contributed by atoms with E-state index in [-0.39, 0.29) is 12.2 Å². The van der Waals surface area contributed by atoms with Gasteiger partial charge < -0.3 is 16.2 Å². The summed E-state index contributed by atoms with van der Waals surface area (Å²) in [5.74, 6) is 0. The van der Waals surface area contributed by atoms with E-state index in [0.29, 0.717) is 11.1 Å². The van der Waals surface area contributed by atoms with Crippen LogP contribution in [0.4, 0.5) is 11.4 Å². The van der Waals surface area contributed by atoms with Crippen molar-refractivity contribution in [2.75, 3.05) is 17.6 Å². The fourth-order valence-corrected chi connectivity index (χ4v) is 2.65. The number of benzene rings is 2. The van der Waals surface area contributed by atoms with Crippen molar-refractivity contribution in [3.05, 3.63) is 80.1 Å². The molecule has 0 spiro atoms. The second kappa shape index (κ2) is 7.37. The summed E-state index contributed by atoms with van der Waals surface area (Å²) in [4.78, 5) is 23.6. The molecule has 26 heavy (non-hydrogen) atoms. The molecule has 1 atom stereocenters. The SMILES string of the molecule is CC(O)CNc1c(-c2ccc(C=Cc3ccc(N)cc3)cc2)c(=O)c1=O. The number of aliphatic hydroxyl groups excluding tert-OH is 1. The first-order chi connectivity index (χ1) is 12.5. The fourth-order valence-electron chi connectivity index (χ4n) is 2.65. The van der Waals surface area contributed by atoms with Crippen LogP contribution in [-0.4, -0.2) is 17.8 Å². The summed E-state index contributed by atoms with van der Waals surface area (Å²) < 4.78 is 0. The molecular weight excluding hydrogens is 328 g/mol. The van der Waals surface area contributed by atoms with Crippen molar-refractivity contribution in [1.82, 2.24) is 0 Å². The largest absolute Gasteiger partial charge is 0.399 e. The summed E-state index contributed by atoms with van der Waals surface area (Å²) in [6.07, 6.45) is 3.33. The molecule has 0 heterocycles. The number of hydrogen-bond acceptors (Lipinski definition) is 5. The van der Waals surface area contributed by atoms with Gasteiger partial charge in [0.25, 0.3) is 0 Å². The summed E-state index contributed by atoms with van der Waals surface area (Å²) in [7, 11) is 0. The van der Waals surface area contributed by atoms with Gasteiger partial charge in [-0.2, -0.15) is 0 Å². The van der Waals surface area contributed by atoms with Crippen LogP contribution in [0.5, 0.6) is 0 Å². The van der Waals surface area contributed by atoms with Crippen LogP contribution < -0.4 is 21.9 Å². The molecule has 0 amide bonds. The molecule has 0 aliphatic carbocycles. The van der Waals surface area contributed by atoms with Gasteiger partial charge in [-0.1, -0.05) is 48.6 Å². The Morgan fingerprint density at radius 1 is 0.962 bits per heavy atom. The molecule has 0 saturated carbocycles. The molecule has 0 fully saturated rings. The number of nitrogens with two attached hydrogens (primary N) is 1. The molecule has 5 nitrogen and oxygen atoms in total.